The number of anilines is 2. The largest absolute Gasteiger partial charge is 0.495 e. The van der Waals surface area contributed by atoms with E-state index in [1.54, 1.807) is 24.3 Å². The summed E-state index contributed by atoms with van der Waals surface area (Å²) in [4.78, 5) is 31.6. The van der Waals surface area contributed by atoms with E-state index in [0.29, 0.717) is 42.3 Å². The Morgan fingerprint density at radius 1 is 0.925 bits per heavy atom. The summed E-state index contributed by atoms with van der Waals surface area (Å²) in [7, 11) is 1.54. The van der Waals surface area contributed by atoms with Crippen LogP contribution in [0, 0.1) is 0 Å². The van der Waals surface area contributed by atoms with Crippen LogP contribution in [-0.2, 0) is 11.3 Å². The van der Waals surface area contributed by atoms with Crippen LogP contribution in [0.4, 0.5) is 11.4 Å². The lowest BCUT2D eigenvalue weighted by Crippen LogP contribution is -2.50. The van der Waals surface area contributed by atoms with Crippen molar-refractivity contribution in [3.63, 3.8) is 0 Å². The molecule has 1 N–H and O–H groups in total. The average Bonchev–Trinajstić information content (AvgIpc) is 3.18. The highest BCUT2D eigenvalue weighted by atomic mass is 16.5. The highest BCUT2D eigenvalue weighted by Gasteiger charge is 2.33. The van der Waals surface area contributed by atoms with Gasteiger partial charge < -0.3 is 19.7 Å². The predicted molar refractivity (Wildman–Crippen MR) is 156 cm³/mol. The van der Waals surface area contributed by atoms with E-state index in [1.165, 1.54) is 7.11 Å². The lowest BCUT2D eigenvalue weighted by Gasteiger charge is -2.35. The zero-order chi connectivity index (χ0) is 27.5. The third-order valence-corrected chi connectivity index (χ3v) is 7.60. The van der Waals surface area contributed by atoms with Crippen LogP contribution in [0.3, 0.4) is 0 Å². The van der Waals surface area contributed by atoms with Crippen molar-refractivity contribution in [3.8, 4) is 16.9 Å². The van der Waals surface area contributed by atoms with Gasteiger partial charge in [0.25, 0.3) is 11.8 Å². The van der Waals surface area contributed by atoms with Gasteiger partial charge in [-0.05, 0) is 47.0 Å². The molecule has 0 radical (unpaired) electrons. The monoisotopic (exact) mass is 533 g/mol. The zero-order valence-electron chi connectivity index (χ0n) is 22.4. The summed E-state index contributed by atoms with van der Waals surface area (Å²) < 4.78 is 11.4. The first-order valence-corrected chi connectivity index (χ1v) is 13.5. The van der Waals surface area contributed by atoms with Gasteiger partial charge in [-0.25, -0.2) is 0 Å². The summed E-state index contributed by atoms with van der Waals surface area (Å²) >= 11 is 0. The fourth-order valence-corrected chi connectivity index (χ4v) is 5.52. The molecule has 0 saturated carbocycles. The first-order valence-electron chi connectivity index (χ1n) is 13.5. The Balaban J connectivity index is 1.27. The number of para-hydroxylation sites is 1. The number of morpholine rings is 1. The van der Waals surface area contributed by atoms with E-state index >= 15 is 0 Å². The van der Waals surface area contributed by atoms with Crippen molar-refractivity contribution >= 4 is 23.2 Å². The second kappa shape index (κ2) is 11.3. The highest BCUT2D eigenvalue weighted by Crippen LogP contribution is 2.32. The fourth-order valence-electron chi connectivity index (χ4n) is 5.52. The molecule has 1 saturated heterocycles. The van der Waals surface area contributed by atoms with E-state index in [9.17, 15) is 9.59 Å². The smallest absolute Gasteiger partial charge is 0.258 e. The van der Waals surface area contributed by atoms with E-state index in [2.05, 4.69) is 16.3 Å². The number of nitrogens with zero attached hydrogens (tertiary/aromatic N) is 2. The van der Waals surface area contributed by atoms with Gasteiger partial charge in [0.15, 0.2) is 0 Å². The quantitative estimate of drug-likeness (QED) is 0.368. The Morgan fingerprint density at radius 2 is 1.70 bits per heavy atom. The number of nitrogens with one attached hydrogen (secondary N) is 1. The number of hydrogen-bond acceptors (Lipinski definition) is 5. The lowest BCUT2D eigenvalue weighted by atomic mass is 9.99. The van der Waals surface area contributed by atoms with E-state index in [0.717, 1.165) is 35.5 Å². The number of carbonyl (C=O) groups is 2. The minimum atomic E-state index is -0.254. The molecule has 2 heterocycles. The summed E-state index contributed by atoms with van der Waals surface area (Å²) in [6, 6.07) is 30.7. The van der Waals surface area contributed by atoms with E-state index < -0.39 is 0 Å². The van der Waals surface area contributed by atoms with Gasteiger partial charge in [-0.15, -0.1) is 0 Å². The summed E-state index contributed by atoms with van der Waals surface area (Å²) in [5.74, 6) is 0.0447. The predicted octanol–water partition coefficient (Wildman–Crippen LogP) is 5.48. The first kappa shape index (κ1) is 25.8. The van der Waals surface area contributed by atoms with Crippen molar-refractivity contribution in [2.75, 3.05) is 43.6 Å². The number of amides is 2. The first-order chi connectivity index (χ1) is 19.6. The Morgan fingerprint density at radius 3 is 2.55 bits per heavy atom. The van der Waals surface area contributed by atoms with Gasteiger partial charge >= 0.3 is 0 Å². The molecule has 4 aromatic carbocycles. The van der Waals surface area contributed by atoms with Gasteiger partial charge in [0, 0.05) is 36.4 Å². The number of methoxy groups -OCH3 is 1. The molecule has 202 valence electrons. The van der Waals surface area contributed by atoms with Crippen LogP contribution in [0.1, 0.15) is 26.3 Å². The van der Waals surface area contributed by atoms with Crippen molar-refractivity contribution in [1.29, 1.82) is 0 Å². The van der Waals surface area contributed by atoms with Crippen LogP contribution in [0.2, 0.25) is 0 Å². The maximum absolute atomic E-state index is 13.9. The van der Waals surface area contributed by atoms with Crippen LogP contribution in [0.25, 0.3) is 11.1 Å². The number of rotatable bonds is 5. The molecule has 1 unspecified atom stereocenters. The van der Waals surface area contributed by atoms with Crippen LogP contribution in [0.5, 0.6) is 5.75 Å². The second-order valence-electron chi connectivity index (χ2n) is 10.0. The van der Waals surface area contributed by atoms with Crippen molar-refractivity contribution in [3.05, 3.63) is 114 Å². The van der Waals surface area contributed by atoms with E-state index in [4.69, 9.17) is 9.47 Å². The highest BCUT2D eigenvalue weighted by molar-refractivity contribution is 6.10. The molecule has 0 aromatic heterocycles. The van der Waals surface area contributed by atoms with Gasteiger partial charge in [0.05, 0.1) is 32.1 Å². The summed E-state index contributed by atoms with van der Waals surface area (Å²) in [6.45, 7) is 3.46. The Hall–Kier alpha value is -4.46. The normalized spacial score (nSPS) is 16.8. The number of carbonyl (C=O) groups excluding carboxylic acids is 2. The molecule has 0 bridgehead atoms. The zero-order valence-corrected chi connectivity index (χ0v) is 22.4. The number of ether oxygens (including phenoxy) is 2. The van der Waals surface area contributed by atoms with E-state index in [-0.39, 0.29) is 17.9 Å². The molecule has 2 aliphatic heterocycles. The molecule has 0 spiro atoms. The molecule has 2 aliphatic rings. The minimum absolute atomic E-state index is 0.120. The van der Waals surface area contributed by atoms with Crippen molar-refractivity contribution in [1.82, 2.24) is 4.90 Å². The average molecular weight is 534 g/mol. The molecule has 40 heavy (non-hydrogen) atoms. The number of benzene rings is 4. The van der Waals surface area contributed by atoms with Gasteiger partial charge in [-0.1, -0.05) is 66.7 Å². The maximum Gasteiger partial charge on any atom is 0.258 e. The lowest BCUT2D eigenvalue weighted by molar-refractivity contribution is -0.00653. The van der Waals surface area contributed by atoms with Crippen LogP contribution < -0.4 is 15.0 Å². The van der Waals surface area contributed by atoms with Crippen LogP contribution in [0.15, 0.2) is 97.1 Å². The summed E-state index contributed by atoms with van der Waals surface area (Å²) in [6.07, 6.45) is 0. The second-order valence-corrected chi connectivity index (χ2v) is 10.0. The van der Waals surface area contributed by atoms with Crippen LogP contribution >= 0.6 is 0 Å². The Bertz CT molecular complexity index is 1540. The van der Waals surface area contributed by atoms with Gasteiger partial charge in [-0.2, -0.15) is 0 Å². The topological polar surface area (TPSA) is 71.1 Å². The fraction of sp³-hybridized carbons (Fsp3) is 0.212. The Labute approximate surface area is 233 Å². The molecule has 2 amide bonds. The molecular formula is C33H31N3O4. The van der Waals surface area contributed by atoms with Gasteiger partial charge in [-0.3, -0.25) is 14.5 Å². The molecule has 7 nitrogen and oxygen atoms in total. The molecule has 7 heteroatoms. The third kappa shape index (κ3) is 5.09. The molecule has 4 aromatic rings. The minimum Gasteiger partial charge on any atom is -0.495 e. The SMILES string of the molecule is COc1cc(C(=O)N2CC3COCCN3Cc3ccccc32)ccc1NC(=O)c1ccccc1-c1ccccc1. The van der Waals surface area contributed by atoms with Gasteiger partial charge in [0.1, 0.15) is 5.75 Å². The maximum atomic E-state index is 13.9. The molecular weight excluding hydrogens is 502 g/mol. The standard InChI is InChI=1S/C33H31N3O4/c1-39-31-19-24(33(38)36-21-26-22-40-18-17-35(26)20-25-11-5-8-14-30(25)36)15-16-29(31)34-32(37)28-13-7-6-12-27(28)23-9-3-2-4-10-23/h2-16,19,26H,17-18,20-22H2,1H3,(H,34,37). The molecule has 6 rings (SSSR count). The summed E-state index contributed by atoms with van der Waals surface area (Å²) in [5, 5.41) is 2.98. The van der Waals surface area contributed by atoms with Crippen LogP contribution in [-0.4, -0.2) is 56.2 Å². The summed E-state index contributed by atoms with van der Waals surface area (Å²) in [5.41, 5.74) is 5.36. The van der Waals surface area contributed by atoms with E-state index in [1.807, 2.05) is 71.6 Å². The Kier molecular flexibility index (Phi) is 7.31. The van der Waals surface area contributed by atoms with Crippen molar-refractivity contribution < 1.29 is 19.1 Å². The van der Waals surface area contributed by atoms with Crippen molar-refractivity contribution in [2.24, 2.45) is 0 Å². The number of fused-ring (bicyclic) bond motifs is 2. The molecule has 1 fully saturated rings. The third-order valence-electron chi connectivity index (χ3n) is 7.60. The number of hydrogen-bond donors (Lipinski definition) is 1. The molecule has 0 aliphatic carbocycles. The van der Waals surface area contributed by atoms with Gasteiger partial charge in [0.2, 0.25) is 0 Å². The van der Waals surface area contributed by atoms with Crippen molar-refractivity contribution in [2.45, 2.75) is 12.6 Å². The molecule has 1 atom stereocenters.